The average Bonchev–Trinajstić information content (AvgIpc) is 3.22. The van der Waals surface area contributed by atoms with E-state index in [9.17, 15) is 9.59 Å². The number of para-hydroxylation sites is 2. The SMILES string of the molecule is CCc1ccccc1N(CC)C(=O)c1nn(-c2ccc(OC)cc2)c(=O)c2c1c1ccccc1n2C. The van der Waals surface area contributed by atoms with E-state index in [1.807, 2.05) is 67.1 Å². The third-order valence-electron chi connectivity index (χ3n) is 6.68. The monoisotopic (exact) mass is 480 g/mol. The zero-order valence-electron chi connectivity index (χ0n) is 20.9. The molecule has 0 bridgehead atoms. The molecule has 2 heterocycles. The van der Waals surface area contributed by atoms with Crippen LogP contribution in [-0.4, -0.2) is 33.9 Å². The Labute approximate surface area is 209 Å². The van der Waals surface area contributed by atoms with Crippen LogP contribution in [0.15, 0.2) is 77.6 Å². The lowest BCUT2D eigenvalue weighted by Crippen LogP contribution is -2.35. The molecule has 5 aromatic rings. The predicted octanol–water partition coefficient (Wildman–Crippen LogP) is 5.12. The number of carbonyl (C=O) groups is 1. The first-order valence-corrected chi connectivity index (χ1v) is 12.0. The summed E-state index contributed by atoms with van der Waals surface area (Å²) in [5.74, 6) is 0.420. The first-order chi connectivity index (χ1) is 17.5. The summed E-state index contributed by atoms with van der Waals surface area (Å²) >= 11 is 0. The van der Waals surface area contributed by atoms with E-state index < -0.39 is 0 Å². The normalized spacial score (nSPS) is 11.2. The Morgan fingerprint density at radius 3 is 2.36 bits per heavy atom. The van der Waals surface area contributed by atoms with Crippen molar-refractivity contribution in [3.05, 3.63) is 94.4 Å². The van der Waals surface area contributed by atoms with Gasteiger partial charge in [-0.1, -0.05) is 43.3 Å². The molecule has 0 aliphatic heterocycles. The molecule has 182 valence electrons. The van der Waals surface area contributed by atoms with Crippen molar-refractivity contribution >= 4 is 33.4 Å². The van der Waals surface area contributed by atoms with Gasteiger partial charge in [-0.15, -0.1) is 0 Å². The number of nitrogens with zero attached hydrogens (tertiary/aromatic N) is 4. The van der Waals surface area contributed by atoms with Crippen molar-refractivity contribution in [1.29, 1.82) is 0 Å². The summed E-state index contributed by atoms with van der Waals surface area (Å²) in [4.78, 5) is 29.7. The minimum Gasteiger partial charge on any atom is -0.497 e. The molecule has 7 nitrogen and oxygen atoms in total. The minimum atomic E-state index is -0.289. The predicted molar refractivity (Wildman–Crippen MR) is 144 cm³/mol. The quantitative estimate of drug-likeness (QED) is 0.338. The molecule has 0 saturated heterocycles. The maximum Gasteiger partial charge on any atom is 0.296 e. The van der Waals surface area contributed by atoms with Crippen molar-refractivity contribution in [1.82, 2.24) is 14.3 Å². The van der Waals surface area contributed by atoms with Crippen LogP contribution < -0.4 is 15.2 Å². The third kappa shape index (κ3) is 3.64. The molecule has 0 aliphatic carbocycles. The first-order valence-electron chi connectivity index (χ1n) is 12.0. The second-order valence-electron chi connectivity index (χ2n) is 8.60. The van der Waals surface area contributed by atoms with Crippen LogP contribution in [-0.2, 0) is 13.5 Å². The summed E-state index contributed by atoms with van der Waals surface area (Å²) in [6.07, 6.45) is 0.794. The molecular weight excluding hydrogens is 452 g/mol. The molecule has 0 aliphatic rings. The van der Waals surface area contributed by atoms with Gasteiger partial charge in [-0.2, -0.15) is 9.78 Å². The number of methoxy groups -OCH3 is 1. The van der Waals surface area contributed by atoms with Gasteiger partial charge in [-0.25, -0.2) is 0 Å². The fourth-order valence-corrected chi connectivity index (χ4v) is 4.85. The largest absolute Gasteiger partial charge is 0.497 e. The molecule has 36 heavy (non-hydrogen) atoms. The Morgan fingerprint density at radius 1 is 0.972 bits per heavy atom. The molecule has 1 amide bonds. The number of fused-ring (bicyclic) bond motifs is 3. The van der Waals surface area contributed by atoms with Crippen molar-refractivity contribution in [2.45, 2.75) is 20.3 Å². The van der Waals surface area contributed by atoms with Gasteiger partial charge in [0.1, 0.15) is 11.3 Å². The van der Waals surface area contributed by atoms with Gasteiger partial charge in [0.2, 0.25) is 0 Å². The van der Waals surface area contributed by atoms with E-state index in [4.69, 9.17) is 9.84 Å². The number of hydrogen-bond acceptors (Lipinski definition) is 4. The van der Waals surface area contributed by atoms with Gasteiger partial charge in [0.25, 0.3) is 11.5 Å². The molecular formula is C29H28N4O3. The van der Waals surface area contributed by atoms with Gasteiger partial charge in [-0.3, -0.25) is 9.59 Å². The Hall–Kier alpha value is -4.39. The highest BCUT2D eigenvalue weighted by molar-refractivity contribution is 6.20. The molecule has 5 rings (SSSR count). The Kier molecular flexibility index (Phi) is 6.06. The fraction of sp³-hybridized carbons (Fsp3) is 0.207. The topological polar surface area (TPSA) is 69.4 Å². The lowest BCUT2D eigenvalue weighted by atomic mass is 10.1. The highest BCUT2D eigenvalue weighted by Gasteiger charge is 2.27. The standard InChI is InChI=1S/C29H28N4O3/c1-5-19-11-7-9-13-23(19)32(6-2)28(34)26-25-22-12-8-10-14-24(22)31(3)27(25)29(35)33(30-26)20-15-17-21(36-4)18-16-20/h7-18H,5-6H2,1-4H3. The van der Waals surface area contributed by atoms with Gasteiger partial charge >= 0.3 is 0 Å². The number of amides is 1. The van der Waals surface area contributed by atoms with E-state index in [2.05, 4.69) is 6.92 Å². The number of aromatic nitrogens is 3. The van der Waals surface area contributed by atoms with E-state index in [1.165, 1.54) is 4.68 Å². The van der Waals surface area contributed by atoms with Gasteiger partial charge in [-0.05, 0) is 55.3 Å². The van der Waals surface area contributed by atoms with E-state index in [-0.39, 0.29) is 17.2 Å². The molecule has 2 aromatic heterocycles. The minimum absolute atomic E-state index is 0.241. The Morgan fingerprint density at radius 2 is 1.67 bits per heavy atom. The fourth-order valence-electron chi connectivity index (χ4n) is 4.85. The highest BCUT2D eigenvalue weighted by atomic mass is 16.5. The van der Waals surface area contributed by atoms with Crippen LogP contribution in [0, 0.1) is 0 Å². The van der Waals surface area contributed by atoms with Gasteiger partial charge in [0.15, 0.2) is 5.69 Å². The smallest absolute Gasteiger partial charge is 0.296 e. The van der Waals surface area contributed by atoms with E-state index in [1.54, 1.807) is 36.3 Å². The Bertz CT molecular complexity index is 1650. The maximum atomic E-state index is 14.2. The van der Waals surface area contributed by atoms with E-state index in [0.29, 0.717) is 28.9 Å². The molecule has 0 unspecified atom stereocenters. The summed E-state index contributed by atoms with van der Waals surface area (Å²) in [5.41, 5.74) is 3.73. The number of aryl methyl sites for hydroxylation is 2. The maximum absolute atomic E-state index is 14.2. The number of hydrogen-bond donors (Lipinski definition) is 0. The van der Waals surface area contributed by atoms with Crippen LogP contribution in [0.5, 0.6) is 5.75 Å². The Balaban J connectivity index is 1.83. The molecule has 0 atom stereocenters. The van der Waals surface area contributed by atoms with Crippen molar-refractivity contribution in [2.24, 2.45) is 7.05 Å². The van der Waals surface area contributed by atoms with Crippen molar-refractivity contribution in [3.63, 3.8) is 0 Å². The number of benzene rings is 3. The molecule has 0 fully saturated rings. The van der Waals surface area contributed by atoms with Gasteiger partial charge < -0.3 is 14.2 Å². The zero-order valence-corrected chi connectivity index (χ0v) is 20.9. The molecule has 7 heteroatoms. The number of ether oxygens (including phenoxy) is 1. The molecule has 0 saturated carbocycles. The second kappa shape index (κ2) is 9.34. The van der Waals surface area contributed by atoms with Crippen LogP contribution in [0.1, 0.15) is 29.9 Å². The number of carbonyl (C=O) groups excluding carboxylic acids is 1. The number of anilines is 1. The summed E-state index contributed by atoms with van der Waals surface area (Å²) in [6.45, 7) is 4.48. The summed E-state index contributed by atoms with van der Waals surface area (Å²) in [5, 5.41) is 6.09. The van der Waals surface area contributed by atoms with E-state index in [0.717, 1.165) is 28.6 Å². The molecule has 0 N–H and O–H groups in total. The molecule has 0 spiro atoms. The van der Waals surface area contributed by atoms with Crippen molar-refractivity contribution in [2.75, 3.05) is 18.6 Å². The summed E-state index contributed by atoms with van der Waals surface area (Å²) in [6, 6.07) is 22.7. The van der Waals surface area contributed by atoms with Gasteiger partial charge in [0, 0.05) is 35.6 Å². The molecule has 3 aromatic carbocycles. The number of rotatable bonds is 6. The third-order valence-corrected chi connectivity index (χ3v) is 6.68. The van der Waals surface area contributed by atoms with Crippen LogP contribution in [0.2, 0.25) is 0 Å². The van der Waals surface area contributed by atoms with Crippen molar-refractivity contribution in [3.8, 4) is 11.4 Å². The van der Waals surface area contributed by atoms with Crippen molar-refractivity contribution < 1.29 is 9.53 Å². The zero-order chi connectivity index (χ0) is 25.4. The van der Waals surface area contributed by atoms with Crippen LogP contribution >= 0.6 is 0 Å². The lowest BCUT2D eigenvalue weighted by Gasteiger charge is -2.24. The first kappa shape index (κ1) is 23.4. The average molecular weight is 481 g/mol. The van der Waals surface area contributed by atoms with Gasteiger partial charge in [0.05, 0.1) is 12.8 Å². The van der Waals surface area contributed by atoms with E-state index >= 15 is 0 Å². The summed E-state index contributed by atoms with van der Waals surface area (Å²) < 4.78 is 8.43. The highest BCUT2D eigenvalue weighted by Crippen LogP contribution is 2.31. The van der Waals surface area contributed by atoms with Crippen LogP contribution in [0.4, 0.5) is 5.69 Å². The summed E-state index contributed by atoms with van der Waals surface area (Å²) in [7, 11) is 3.44. The van der Waals surface area contributed by atoms with Crippen LogP contribution in [0.3, 0.4) is 0 Å². The van der Waals surface area contributed by atoms with Crippen LogP contribution in [0.25, 0.3) is 27.5 Å². The lowest BCUT2D eigenvalue weighted by molar-refractivity contribution is 0.0983. The second-order valence-corrected chi connectivity index (χ2v) is 8.60. The molecule has 0 radical (unpaired) electrons.